The Morgan fingerprint density at radius 1 is 1.22 bits per heavy atom. The fourth-order valence-corrected chi connectivity index (χ4v) is 2.25. The number of halogens is 2. The molecule has 0 saturated heterocycles. The van der Waals surface area contributed by atoms with E-state index >= 15 is 0 Å². The minimum atomic E-state index is -0.233. The van der Waals surface area contributed by atoms with Gasteiger partial charge in [0.25, 0.3) is 5.91 Å². The standard InChI is InChI=1S/C15H16Cl2N4O2/c1-23-7-3-6-18-14(22)10-8-19-15(20-9-10)21-13-11(16)4-2-5-12(13)17/h2,4-5,8-9H,3,6-7H2,1H3,(H,18,22)(H,19,20,21). The smallest absolute Gasteiger partial charge is 0.254 e. The summed E-state index contributed by atoms with van der Waals surface area (Å²) in [7, 11) is 1.62. The minimum absolute atomic E-state index is 0.233. The van der Waals surface area contributed by atoms with E-state index in [9.17, 15) is 4.79 Å². The summed E-state index contributed by atoms with van der Waals surface area (Å²) in [6.45, 7) is 1.13. The average molecular weight is 355 g/mol. The Morgan fingerprint density at radius 3 is 2.48 bits per heavy atom. The van der Waals surface area contributed by atoms with Crippen molar-refractivity contribution in [2.45, 2.75) is 6.42 Å². The van der Waals surface area contributed by atoms with E-state index < -0.39 is 0 Å². The van der Waals surface area contributed by atoms with Crippen LogP contribution in [0, 0.1) is 0 Å². The number of carbonyl (C=O) groups excluding carboxylic acids is 1. The lowest BCUT2D eigenvalue weighted by atomic mass is 10.3. The van der Waals surface area contributed by atoms with E-state index in [1.165, 1.54) is 12.4 Å². The van der Waals surface area contributed by atoms with Crippen LogP contribution in [-0.2, 0) is 4.74 Å². The van der Waals surface area contributed by atoms with Crippen molar-refractivity contribution >= 4 is 40.7 Å². The number of amides is 1. The highest BCUT2D eigenvalue weighted by Gasteiger charge is 2.09. The van der Waals surface area contributed by atoms with Gasteiger partial charge in [-0.1, -0.05) is 29.3 Å². The lowest BCUT2D eigenvalue weighted by Gasteiger charge is -2.09. The largest absolute Gasteiger partial charge is 0.385 e. The lowest BCUT2D eigenvalue weighted by Crippen LogP contribution is -2.25. The number of carbonyl (C=O) groups is 1. The van der Waals surface area contributed by atoms with Crippen molar-refractivity contribution in [3.63, 3.8) is 0 Å². The van der Waals surface area contributed by atoms with Crippen LogP contribution < -0.4 is 10.6 Å². The fourth-order valence-electron chi connectivity index (χ4n) is 1.76. The van der Waals surface area contributed by atoms with Crippen molar-refractivity contribution < 1.29 is 9.53 Å². The Bertz CT molecular complexity index is 645. The van der Waals surface area contributed by atoms with Gasteiger partial charge in [0.05, 0.1) is 21.3 Å². The third kappa shape index (κ3) is 5.06. The van der Waals surface area contributed by atoms with Gasteiger partial charge < -0.3 is 15.4 Å². The SMILES string of the molecule is COCCCNC(=O)c1cnc(Nc2c(Cl)cccc2Cl)nc1. The van der Waals surface area contributed by atoms with Crippen LogP contribution in [0.15, 0.2) is 30.6 Å². The van der Waals surface area contributed by atoms with E-state index in [0.717, 1.165) is 6.42 Å². The van der Waals surface area contributed by atoms with Crippen molar-refractivity contribution in [1.29, 1.82) is 0 Å². The molecule has 1 aromatic carbocycles. The number of methoxy groups -OCH3 is 1. The minimum Gasteiger partial charge on any atom is -0.385 e. The molecule has 0 aliphatic heterocycles. The van der Waals surface area contributed by atoms with Crippen LogP contribution in [0.3, 0.4) is 0 Å². The van der Waals surface area contributed by atoms with Gasteiger partial charge in [-0.05, 0) is 18.6 Å². The molecule has 8 heteroatoms. The topological polar surface area (TPSA) is 76.1 Å². The zero-order valence-electron chi connectivity index (χ0n) is 12.5. The molecular formula is C15H16Cl2N4O2. The highest BCUT2D eigenvalue weighted by atomic mass is 35.5. The van der Waals surface area contributed by atoms with E-state index in [-0.39, 0.29) is 5.91 Å². The Kier molecular flexibility index (Phi) is 6.58. The second-order valence-corrected chi connectivity index (χ2v) is 5.43. The summed E-state index contributed by atoms with van der Waals surface area (Å²) in [5.41, 5.74) is 0.894. The second kappa shape index (κ2) is 8.67. The fraction of sp³-hybridized carbons (Fsp3) is 0.267. The molecule has 0 aliphatic carbocycles. The number of benzene rings is 1. The first-order chi connectivity index (χ1) is 11.1. The molecule has 1 heterocycles. The van der Waals surface area contributed by atoms with Gasteiger partial charge in [-0.15, -0.1) is 0 Å². The summed E-state index contributed by atoms with van der Waals surface area (Å²) >= 11 is 12.1. The molecule has 2 aromatic rings. The van der Waals surface area contributed by atoms with Gasteiger partial charge in [0.2, 0.25) is 5.95 Å². The van der Waals surface area contributed by atoms with Gasteiger partial charge in [-0.3, -0.25) is 4.79 Å². The molecule has 122 valence electrons. The van der Waals surface area contributed by atoms with Gasteiger partial charge in [0, 0.05) is 32.7 Å². The Labute approximate surface area is 144 Å². The Morgan fingerprint density at radius 2 is 1.87 bits per heavy atom. The van der Waals surface area contributed by atoms with Crippen molar-refractivity contribution in [2.24, 2.45) is 0 Å². The molecule has 0 aliphatic rings. The molecule has 0 fully saturated rings. The summed E-state index contributed by atoms with van der Waals surface area (Å²) in [6, 6.07) is 5.16. The van der Waals surface area contributed by atoms with E-state index in [4.69, 9.17) is 27.9 Å². The molecule has 0 bridgehead atoms. The molecule has 1 amide bonds. The first-order valence-electron chi connectivity index (χ1n) is 6.92. The number of rotatable bonds is 7. The van der Waals surface area contributed by atoms with E-state index in [1.807, 2.05) is 0 Å². The predicted octanol–water partition coefficient (Wildman–Crippen LogP) is 3.29. The molecule has 0 radical (unpaired) electrons. The first-order valence-corrected chi connectivity index (χ1v) is 7.67. The van der Waals surface area contributed by atoms with Gasteiger partial charge in [-0.2, -0.15) is 0 Å². The monoisotopic (exact) mass is 354 g/mol. The van der Waals surface area contributed by atoms with Crippen LogP contribution in [0.4, 0.5) is 11.6 Å². The van der Waals surface area contributed by atoms with Gasteiger partial charge in [-0.25, -0.2) is 9.97 Å². The molecule has 2 rings (SSSR count). The molecule has 0 unspecified atom stereocenters. The molecule has 2 N–H and O–H groups in total. The number of aromatic nitrogens is 2. The van der Waals surface area contributed by atoms with E-state index in [1.54, 1.807) is 25.3 Å². The van der Waals surface area contributed by atoms with Crippen molar-refractivity contribution in [3.05, 3.63) is 46.2 Å². The number of nitrogens with zero attached hydrogens (tertiary/aromatic N) is 2. The first kappa shape index (κ1) is 17.5. The van der Waals surface area contributed by atoms with E-state index in [2.05, 4.69) is 20.6 Å². The van der Waals surface area contributed by atoms with Crippen LogP contribution >= 0.6 is 23.2 Å². The Balaban J connectivity index is 1.98. The molecule has 1 aromatic heterocycles. The predicted molar refractivity (Wildman–Crippen MR) is 90.6 cm³/mol. The van der Waals surface area contributed by atoms with Crippen molar-refractivity contribution in [2.75, 3.05) is 25.6 Å². The molecule has 23 heavy (non-hydrogen) atoms. The molecular weight excluding hydrogens is 339 g/mol. The van der Waals surface area contributed by atoms with Crippen LogP contribution in [0.25, 0.3) is 0 Å². The maximum atomic E-state index is 11.9. The van der Waals surface area contributed by atoms with Crippen LogP contribution in [0.5, 0.6) is 0 Å². The summed E-state index contributed by atoms with van der Waals surface area (Å²) in [6.07, 6.45) is 3.62. The number of hydrogen-bond donors (Lipinski definition) is 2. The third-order valence-electron chi connectivity index (χ3n) is 2.92. The summed E-state index contributed by atoms with van der Waals surface area (Å²) in [5, 5.41) is 6.61. The molecule has 0 atom stereocenters. The number of ether oxygens (including phenoxy) is 1. The summed E-state index contributed by atoms with van der Waals surface area (Å²) < 4.78 is 4.92. The van der Waals surface area contributed by atoms with E-state index in [0.29, 0.717) is 40.4 Å². The maximum Gasteiger partial charge on any atom is 0.254 e. The quantitative estimate of drug-likeness (QED) is 0.746. The molecule has 0 spiro atoms. The average Bonchev–Trinajstić information content (AvgIpc) is 2.55. The lowest BCUT2D eigenvalue weighted by molar-refractivity contribution is 0.0948. The Hall–Kier alpha value is -1.89. The van der Waals surface area contributed by atoms with Crippen LogP contribution in [-0.4, -0.2) is 36.1 Å². The number of nitrogens with one attached hydrogen (secondary N) is 2. The van der Waals surface area contributed by atoms with Gasteiger partial charge >= 0.3 is 0 Å². The number of para-hydroxylation sites is 1. The summed E-state index contributed by atoms with van der Waals surface area (Å²) in [5.74, 6) is 0.0689. The maximum absolute atomic E-state index is 11.9. The number of hydrogen-bond acceptors (Lipinski definition) is 5. The van der Waals surface area contributed by atoms with Gasteiger partial charge in [0.1, 0.15) is 0 Å². The zero-order chi connectivity index (χ0) is 16.7. The third-order valence-corrected chi connectivity index (χ3v) is 3.55. The normalized spacial score (nSPS) is 10.4. The number of anilines is 2. The van der Waals surface area contributed by atoms with Crippen LogP contribution in [0.2, 0.25) is 10.0 Å². The molecule has 6 nitrogen and oxygen atoms in total. The van der Waals surface area contributed by atoms with Gasteiger partial charge in [0.15, 0.2) is 0 Å². The van der Waals surface area contributed by atoms with Crippen LogP contribution in [0.1, 0.15) is 16.8 Å². The summed E-state index contributed by atoms with van der Waals surface area (Å²) in [4.78, 5) is 20.1. The van der Waals surface area contributed by atoms with Crippen molar-refractivity contribution in [1.82, 2.24) is 15.3 Å². The highest BCUT2D eigenvalue weighted by Crippen LogP contribution is 2.31. The zero-order valence-corrected chi connectivity index (χ0v) is 14.0. The molecule has 0 saturated carbocycles. The van der Waals surface area contributed by atoms with Crippen molar-refractivity contribution in [3.8, 4) is 0 Å². The highest BCUT2D eigenvalue weighted by molar-refractivity contribution is 6.39. The second-order valence-electron chi connectivity index (χ2n) is 4.62.